The summed E-state index contributed by atoms with van der Waals surface area (Å²) >= 11 is 3.46. The van der Waals surface area contributed by atoms with E-state index in [4.69, 9.17) is 10.00 Å². The van der Waals surface area contributed by atoms with Crippen LogP contribution in [0.5, 0.6) is 0 Å². The van der Waals surface area contributed by atoms with E-state index in [1.807, 2.05) is 24.3 Å². The number of nitrogens with one attached hydrogen (secondary N) is 1. The molecule has 2 atom stereocenters. The van der Waals surface area contributed by atoms with Crippen molar-refractivity contribution >= 4 is 21.6 Å². The van der Waals surface area contributed by atoms with Crippen LogP contribution in [-0.2, 0) is 4.74 Å². The van der Waals surface area contributed by atoms with Gasteiger partial charge >= 0.3 is 0 Å². The van der Waals surface area contributed by atoms with Crippen molar-refractivity contribution in [2.45, 2.75) is 12.5 Å². The number of para-hydroxylation sites is 1. The predicted octanol–water partition coefficient (Wildman–Crippen LogP) is 2.79. The Morgan fingerprint density at radius 1 is 1.50 bits per heavy atom. The highest BCUT2D eigenvalue weighted by atomic mass is 79.9. The number of anilines is 1. The summed E-state index contributed by atoms with van der Waals surface area (Å²) in [6.07, 6.45) is 0.954. The number of hydrogen-bond acceptors (Lipinski definition) is 3. The summed E-state index contributed by atoms with van der Waals surface area (Å²) in [5.74, 6) is 0.289. The van der Waals surface area contributed by atoms with Crippen molar-refractivity contribution in [2.75, 3.05) is 18.5 Å². The second-order valence-corrected chi connectivity index (χ2v) is 4.71. The van der Waals surface area contributed by atoms with Gasteiger partial charge in [0.05, 0.1) is 12.7 Å². The number of halogens is 1. The van der Waals surface area contributed by atoms with Crippen LogP contribution in [0.4, 0.5) is 5.69 Å². The Balaban J connectivity index is 2.07. The second kappa shape index (κ2) is 5.33. The molecule has 0 amide bonds. The molecule has 1 fully saturated rings. The Morgan fingerprint density at radius 2 is 2.31 bits per heavy atom. The van der Waals surface area contributed by atoms with E-state index in [0.717, 1.165) is 23.2 Å². The number of rotatable bonds is 3. The molecule has 2 unspecified atom stereocenters. The lowest BCUT2D eigenvalue weighted by Crippen LogP contribution is -2.27. The van der Waals surface area contributed by atoms with Crippen molar-refractivity contribution < 1.29 is 4.74 Å². The third kappa shape index (κ3) is 2.55. The van der Waals surface area contributed by atoms with E-state index in [9.17, 15) is 0 Å². The van der Waals surface area contributed by atoms with E-state index in [1.165, 1.54) is 0 Å². The molecule has 1 aliphatic rings. The van der Waals surface area contributed by atoms with Gasteiger partial charge in [0, 0.05) is 22.7 Å². The summed E-state index contributed by atoms with van der Waals surface area (Å²) in [4.78, 5) is 0. The van der Waals surface area contributed by atoms with Gasteiger partial charge < -0.3 is 10.1 Å². The zero-order valence-corrected chi connectivity index (χ0v) is 10.4. The van der Waals surface area contributed by atoms with Gasteiger partial charge in [-0.25, -0.2) is 0 Å². The van der Waals surface area contributed by atoms with Gasteiger partial charge in [-0.3, -0.25) is 0 Å². The molecule has 0 radical (unpaired) electrons. The minimum absolute atomic E-state index is 0.179. The van der Waals surface area contributed by atoms with Crippen LogP contribution < -0.4 is 5.32 Å². The Bertz CT molecular complexity index is 396. The van der Waals surface area contributed by atoms with Crippen LogP contribution in [0.3, 0.4) is 0 Å². The summed E-state index contributed by atoms with van der Waals surface area (Å²) in [5.41, 5.74) is 0.959. The molecule has 2 rings (SSSR count). The first-order chi connectivity index (χ1) is 7.81. The fraction of sp³-hybridized carbons (Fsp3) is 0.417. The fourth-order valence-electron chi connectivity index (χ4n) is 1.82. The molecular formula is C12H13BrN2O. The fourth-order valence-corrected chi connectivity index (χ4v) is 2.22. The molecule has 16 heavy (non-hydrogen) atoms. The smallest absolute Gasteiger partial charge is 0.119 e. The SMILES string of the molecule is N#CC(Nc1ccccc1Br)C1CCOC1. The molecule has 84 valence electrons. The van der Waals surface area contributed by atoms with Crippen molar-refractivity contribution in [2.24, 2.45) is 5.92 Å². The quantitative estimate of drug-likeness (QED) is 0.926. The van der Waals surface area contributed by atoms with Crippen molar-refractivity contribution in [1.82, 2.24) is 0 Å². The lowest BCUT2D eigenvalue weighted by molar-refractivity contribution is 0.185. The Labute approximate surface area is 104 Å². The lowest BCUT2D eigenvalue weighted by atomic mass is 10.00. The molecule has 1 aliphatic heterocycles. The van der Waals surface area contributed by atoms with Crippen molar-refractivity contribution in [3.05, 3.63) is 28.7 Å². The van der Waals surface area contributed by atoms with Gasteiger partial charge in [-0.1, -0.05) is 12.1 Å². The first-order valence-electron chi connectivity index (χ1n) is 5.29. The van der Waals surface area contributed by atoms with Crippen LogP contribution >= 0.6 is 15.9 Å². The molecule has 4 heteroatoms. The van der Waals surface area contributed by atoms with E-state index in [1.54, 1.807) is 0 Å². The molecule has 1 N–H and O–H groups in total. The summed E-state index contributed by atoms with van der Waals surface area (Å²) in [6, 6.07) is 9.96. The maximum absolute atomic E-state index is 9.16. The van der Waals surface area contributed by atoms with E-state index < -0.39 is 0 Å². The summed E-state index contributed by atoms with van der Waals surface area (Å²) < 4.78 is 6.29. The van der Waals surface area contributed by atoms with Crippen LogP contribution in [0, 0.1) is 17.2 Å². The second-order valence-electron chi connectivity index (χ2n) is 3.85. The zero-order chi connectivity index (χ0) is 11.4. The Morgan fingerprint density at radius 3 is 2.94 bits per heavy atom. The van der Waals surface area contributed by atoms with E-state index in [-0.39, 0.29) is 12.0 Å². The monoisotopic (exact) mass is 280 g/mol. The van der Waals surface area contributed by atoms with Gasteiger partial charge in [0.25, 0.3) is 0 Å². The highest BCUT2D eigenvalue weighted by molar-refractivity contribution is 9.10. The van der Waals surface area contributed by atoms with Crippen molar-refractivity contribution in [3.8, 4) is 6.07 Å². The molecule has 0 aromatic heterocycles. The van der Waals surface area contributed by atoms with Crippen LogP contribution in [0.2, 0.25) is 0 Å². The van der Waals surface area contributed by atoms with Gasteiger partial charge in [-0.15, -0.1) is 0 Å². The predicted molar refractivity (Wildman–Crippen MR) is 66.1 cm³/mol. The third-order valence-corrected chi connectivity index (χ3v) is 3.45. The van der Waals surface area contributed by atoms with E-state index in [2.05, 4.69) is 27.3 Å². The molecule has 0 saturated carbocycles. The minimum atomic E-state index is -0.179. The maximum atomic E-state index is 9.16. The van der Waals surface area contributed by atoms with E-state index >= 15 is 0 Å². The number of hydrogen-bond donors (Lipinski definition) is 1. The van der Waals surface area contributed by atoms with Crippen LogP contribution in [0.25, 0.3) is 0 Å². The van der Waals surface area contributed by atoms with Crippen LogP contribution in [0.15, 0.2) is 28.7 Å². The standard InChI is InChI=1S/C12H13BrN2O/c13-10-3-1-2-4-11(10)15-12(7-14)9-5-6-16-8-9/h1-4,9,12,15H,5-6,8H2. The number of ether oxygens (including phenoxy) is 1. The first kappa shape index (κ1) is 11.4. The maximum Gasteiger partial charge on any atom is 0.119 e. The normalized spacial score (nSPS) is 21.4. The summed E-state index contributed by atoms with van der Waals surface area (Å²) in [5, 5.41) is 12.4. The van der Waals surface area contributed by atoms with Gasteiger partial charge in [0.15, 0.2) is 0 Å². The average molecular weight is 281 g/mol. The summed E-state index contributed by atoms with van der Waals surface area (Å²) in [6.45, 7) is 1.44. The molecule has 0 spiro atoms. The highest BCUT2D eigenvalue weighted by Gasteiger charge is 2.25. The van der Waals surface area contributed by atoms with Crippen molar-refractivity contribution in [3.63, 3.8) is 0 Å². The molecule has 1 aromatic rings. The molecule has 1 aromatic carbocycles. The largest absolute Gasteiger partial charge is 0.381 e. The molecule has 3 nitrogen and oxygen atoms in total. The van der Waals surface area contributed by atoms with E-state index in [0.29, 0.717) is 6.61 Å². The highest BCUT2D eigenvalue weighted by Crippen LogP contribution is 2.25. The molecular weight excluding hydrogens is 268 g/mol. The molecule has 0 aliphatic carbocycles. The van der Waals surface area contributed by atoms with Gasteiger partial charge in [-0.2, -0.15) is 5.26 Å². The van der Waals surface area contributed by atoms with Crippen LogP contribution in [0.1, 0.15) is 6.42 Å². The number of nitriles is 1. The topological polar surface area (TPSA) is 45.0 Å². The van der Waals surface area contributed by atoms with Crippen molar-refractivity contribution in [1.29, 1.82) is 5.26 Å². The molecule has 1 saturated heterocycles. The number of nitrogens with zero attached hydrogens (tertiary/aromatic N) is 1. The van der Waals surface area contributed by atoms with Gasteiger partial charge in [0.2, 0.25) is 0 Å². The van der Waals surface area contributed by atoms with Gasteiger partial charge in [-0.05, 0) is 34.5 Å². The average Bonchev–Trinajstić information content (AvgIpc) is 2.81. The summed E-state index contributed by atoms with van der Waals surface area (Å²) in [7, 11) is 0. The zero-order valence-electron chi connectivity index (χ0n) is 8.82. The Kier molecular flexibility index (Phi) is 3.81. The number of benzene rings is 1. The Hall–Kier alpha value is -1.05. The minimum Gasteiger partial charge on any atom is -0.381 e. The molecule has 1 heterocycles. The van der Waals surface area contributed by atoms with Crippen LogP contribution in [-0.4, -0.2) is 19.3 Å². The third-order valence-electron chi connectivity index (χ3n) is 2.76. The van der Waals surface area contributed by atoms with Gasteiger partial charge in [0.1, 0.15) is 6.04 Å². The lowest BCUT2D eigenvalue weighted by Gasteiger charge is -2.18. The first-order valence-corrected chi connectivity index (χ1v) is 6.09. The molecule has 0 bridgehead atoms.